The Kier molecular flexibility index (Phi) is 6.03. The minimum atomic E-state index is -1.27. The number of nitrogens with one attached hydrogen (secondary N) is 1. The number of ether oxygens (including phenoxy) is 1. The van der Waals surface area contributed by atoms with E-state index < -0.39 is 17.4 Å². The Bertz CT molecular complexity index is 532. The van der Waals surface area contributed by atoms with E-state index in [-0.39, 0.29) is 6.61 Å². The van der Waals surface area contributed by atoms with Crippen molar-refractivity contribution in [1.29, 1.82) is 0 Å². The number of halogens is 1. The molecule has 0 aliphatic heterocycles. The first-order chi connectivity index (χ1) is 9.78. The molecule has 2 N–H and O–H groups in total. The lowest BCUT2D eigenvalue weighted by atomic mass is 9.96. The van der Waals surface area contributed by atoms with Gasteiger partial charge in [-0.25, -0.2) is 4.79 Å². The molecule has 0 radical (unpaired) electrons. The molecule has 1 atom stereocenters. The van der Waals surface area contributed by atoms with Gasteiger partial charge < -0.3 is 15.2 Å². The first kappa shape index (κ1) is 17.3. The van der Waals surface area contributed by atoms with Gasteiger partial charge in [0, 0.05) is 5.02 Å². The van der Waals surface area contributed by atoms with Gasteiger partial charge in [-0.1, -0.05) is 24.9 Å². The van der Waals surface area contributed by atoms with E-state index in [1.54, 1.807) is 18.2 Å². The molecule has 0 aromatic heterocycles. The van der Waals surface area contributed by atoms with Crippen molar-refractivity contribution >= 4 is 23.5 Å². The Morgan fingerprint density at radius 2 is 2.10 bits per heavy atom. The van der Waals surface area contributed by atoms with Crippen LogP contribution in [0.4, 0.5) is 0 Å². The van der Waals surface area contributed by atoms with Crippen molar-refractivity contribution in [3.8, 4) is 5.75 Å². The summed E-state index contributed by atoms with van der Waals surface area (Å²) in [4.78, 5) is 23.1. The third kappa shape index (κ3) is 4.93. The van der Waals surface area contributed by atoms with Crippen LogP contribution >= 0.6 is 11.6 Å². The quantitative estimate of drug-likeness (QED) is 0.811. The molecule has 0 heterocycles. The van der Waals surface area contributed by atoms with Gasteiger partial charge >= 0.3 is 5.97 Å². The van der Waals surface area contributed by atoms with E-state index in [0.29, 0.717) is 23.6 Å². The lowest BCUT2D eigenvalue weighted by Gasteiger charge is -2.25. The van der Waals surface area contributed by atoms with Crippen molar-refractivity contribution in [1.82, 2.24) is 5.32 Å². The van der Waals surface area contributed by atoms with E-state index >= 15 is 0 Å². The SMILES string of the molecule is CCCC(C)(NC(=O)COc1ccc(Cl)cc1C)C(=O)O. The standard InChI is InChI=1S/C15H20ClNO4/c1-4-7-15(3,14(19)20)17-13(18)9-21-12-6-5-11(16)8-10(12)2/h5-6,8H,4,7,9H2,1-3H3,(H,17,18)(H,19,20). The summed E-state index contributed by atoms with van der Waals surface area (Å²) in [7, 11) is 0. The molecular formula is C15H20ClNO4. The fourth-order valence-corrected chi connectivity index (χ4v) is 2.21. The smallest absolute Gasteiger partial charge is 0.329 e. The molecule has 6 heteroatoms. The van der Waals surface area contributed by atoms with Gasteiger partial charge in [-0.15, -0.1) is 0 Å². The highest BCUT2D eigenvalue weighted by Crippen LogP contribution is 2.21. The summed E-state index contributed by atoms with van der Waals surface area (Å²) >= 11 is 5.84. The van der Waals surface area contributed by atoms with Gasteiger partial charge in [0.15, 0.2) is 6.61 Å². The zero-order valence-corrected chi connectivity index (χ0v) is 13.2. The van der Waals surface area contributed by atoms with E-state index in [0.717, 1.165) is 5.56 Å². The Labute approximate surface area is 129 Å². The Balaban J connectivity index is 2.63. The van der Waals surface area contributed by atoms with Crippen molar-refractivity contribution in [2.24, 2.45) is 0 Å². The molecule has 0 saturated carbocycles. The molecular weight excluding hydrogens is 294 g/mol. The number of amides is 1. The number of aryl methyl sites for hydroxylation is 1. The highest BCUT2D eigenvalue weighted by Gasteiger charge is 2.33. The van der Waals surface area contributed by atoms with Gasteiger partial charge in [0.25, 0.3) is 5.91 Å². The number of carboxylic acid groups (broad SMARTS) is 1. The second-order valence-corrected chi connectivity index (χ2v) is 5.57. The van der Waals surface area contributed by atoms with Crippen LogP contribution in [0.15, 0.2) is 18.2 Å². The zero-order valence-electron chi connectivity index (χ0n) is 12.4. The second-order valence-electron chi connectivity index (χ2n) is 5.13. The summed E-state index contributed by atoms with van der Waals surface area (Å²) in [6.45, 7) is 4.93. The molecule has 1 unspecified atom stereocenters. The number of carbonyl (C=O) groups is 2. The van der Waals surface area contributed by atoms with Gasteiger partial charge in [0.2, 0.25) is 0 Å². The minimum Gasteiger partial charge on any atom is -0.484 e. The number of aliphatic carboxylic acids is 1. The van der Waals surface area contributed by atoms with E-state index in [4.69, 9.17) is 16.3 Å². The monoisotopic (exact) mass is 313 g/mol. The molecule has 1 aromatic rings. The van der Waals surface area contributed by atoms with E-state index in [9.17, 15) is 14.7 Å². The highest BCUT2D eigenvalue weighted by molar-refractivity contribution is 6.30. The van der Waals surface area contributed by atoms with Gasteiger partial charge in [0.05, 0.1) is 0 Å². The molecule has 116 valence electrons. The predicted octanol–water partition coefficient (Wildman–Crippen LogP) is 2.79. The normalized spacial score (nSPS) is 13.3. The van der Waals surface area contributed by atoms with Crippen molar-refractivity contribution < 1.29 is 19.4 Å². The molecule has 1 aromatic carbocycles. The van der Waals surface area contributed by atoms with Crippen LogP contribution in [0.1, 0.15) is 32.3 Å². The Morgan fingerprint density at radius 1 is 1.43 bits per heavy atom. The molecule has 1 rings (SSSR count). The molecule has 0 saturated heterocycles. The van der Waals surface area contributed by atoms with E-state index in [1.165, 1.54) is 6.92 Å². The highest BCUT2D eigenvalue weighted by atomic mass is 35.5. The van der Waals surface area contributed by atoms with Crippen LogP contribution in [-0.2, 0) is 9.59 Å². The van der Waals surface area contributed by atoms with Crippen molar-refractivity contribution in [3.05, 3.63) is 28.8 Å². The lowest BCUT2D eigenvalue weighted by Crippen LogP contribution is -2.53. The first-order valence-corrected chi connectivity index (χ1v) is 7.09. The van der Waals surface area contributed by atoms with Crippen LogP contribution in [0.2, 0.25) is 5.02 Å². The van der Waals surface area contributed by atoms with Crippen LogP contribution in [0.25, 0.3) is 0 Å². The topological polar surface area (TPSA) is 75.6 Å². The van der Waals surface area contributed by atoms with Gasteiger partial charge in [-0.05, 0) is 44.0 Å². The molecule has 1 amide bonds. The molecule has 0 bridgehead atoms. The van der Waals surface area contributed by atoms with E-state index in [2.05, 4.69) is 5.32 Å². The van der Waals surface area contributed by atoms with Crippen LogP contribution in [-0.4, -0.2) is 29.1 Å². The van der Waals surface area contributed by atoms with Crippen LogP contribution < -0.4 is 10.1 Å². The molecule has 0 aliphatic rings. The van der Waals surface area contributed by atoms with Crippen LogP contribution in [0, 0.1) is 6.92 Å². The first-order valence-electron chi connectivity index (χ1n) is 6.72. The largest absolute Gasteiger partial charge is 0.484 e. The number of carboxylic acids is 1. The summed E-state index contributed by atoms with van der Waals surface area (Å²) in [5, 5.41) is 12.3. The summed E-state index contributed by atoms with van der Waals surface area (Å²) in [6.07, 6.45) is 1.01. The maximum atomic E-state index is 11.9. The minimum absolute atomic E-state index is 0.241. The summed E-state index contributed by atoms with van der Waals surface area (Å²) < 4.78 is 5.39. The molecule has 0 aliphatic carbocycles. The fourth-order valence-electron chi connectivity index (χ4n) is 1.98. The number of carbonyl (C=O) groups excluding carboxylic acids is 1. The van der Waals surface area contributed by atoms with Crippen LogP contribution in [0.3, 0.4) is 0 Å². The average molecular weight is 314 g/mol. The maximum absolute atomic E-state index is 11.9. The number of rotatable bonds is 7. The number of hydrogen-bond donors (Lipinski definition) is 2. The van der Waals surface area contributed by atoms with Crippen molar-refractivity contribution in [2.45, 2.75) is 39.2 Å². The Hall–Kier alpha value is -1.75. The predicted molar refractivity (Wildman–Crippen MR) is 80.8 cm³/mol. The lowest BCUT2D eigenvalue weighted by molar-refractivity contribution is -0.147. The summed E-state index contributed by atoms with van der Waals surface area (Å²) in [6, 6.07) is 5.07. The summed E-state index contributed by atoms with van der Waals surface area (Å²) in [5.74, 6) is -0.981. The molecule has 21 heavy (non-hydrogen) atoms. The molecule has 0 spiro atoms. The van der Waals surface area contributed by atoms with Crippen molar-refractivity contribution in [2.75, 3.05) is 6.61 Å². The molecule has 0 fully saturated rings. The van der Waals surface area contributed by atoms with Crippen molar-refractivity contribution in [3.63, 3.8) is 0 Å². The summed E-state index contributed by atoms with van der Waals surface area (Å²) in [5.41, 5.74) is -0.464. The number of hydrogen-bond acceptors (Lipinski definition) is 3. The van der Waals surface area contributed by atoms with Crippen LogP contribution in [0.5, 0.6) is 5.75 Å². The third-order valence-corrected chi connectivity index (χ3v) is 3.37. The third-order valence-electron chi connectivity index (χ3n) is 3.13. The van der Waals surface area contributed by atoms with E-state index in [1.807, 2.05) is 13.8 Å². The zero-order chi connectivity index (χ0) is 16.0. The maximum Gasteiger partial charge on any atom is 0.329 e. The van der Waals surface area contributed by atoms with Gasteiger partial charge in [-0.2, -0.15) is 0 Å². The molecule has 5 nitrogen and oxygen atoms in total. The Morgan fingerprint density at radius 3 is 2.62 bits per heavy atom. The number of benzene rings is 1. The van der Waals surface area contributed by atoms with Gasteiger partial charge in [0.1, 0.15) is 11.3 Å². The average Bonchev–Trinajstić information content (AvgIpc) is 2.37. The van der Waals surface area contributed by atoms with Gasteiger partial charge in [-0.3, -0.25) is 4.79 Å². The second kappa shape index (κ2) is 7.31. The fraction of sp³-hybridized carbons (Fsp3) is 0.467.